The van der Waals surface area contributed by atoms with Crippen LogP contribution in [-0.2, 0) is 6.42 Å². The van der Waals surface area contributed by atoms with E-state index in [1.165, 1.54) is 4.88 Å². The first-order valence-corrected chi connectivity index (χ1v) is 5.88. The number of hydrogen-bond donors (Lipinski definition) is 2. The molecule has 14 heavy (non-hydrogen) atoms. The Bertz CT molecular complexity index is 320. The second kappa shape index (κ2) is 3.96. The van der Waals surface area contributed by atoms with E-state index in [9.17, 15) is 5.11 Å². The zero-order valence-electron chi connectivity index (χ0n) is 8.36. The fraction of sp³-hybridized carbons (Fsp3) is 0.700. The molecule has 0 amide bonds. The lowest BCUT2D eigenvalue weighted by molar-refractivity contribution is 0.153. The van der Waals surface area contributed by atoms with Crippen molar-refractivity contribution in [3.8, 4) is 0 Å². The summed E-state index contributed by atoms with van der Waals surface area (Å²) in [5, 5.41) is 10.8. The molecule has 0 aromatic carbocycles. The van der Waals surface area contributed by atoms with E-state index in [1.807, 2.05) is 6.92 Å². The average molecular weight is 212 g/mol. The van der Waals surface area contributed by atoms with Crippen LogP contribution in [0.1, 0.15) is 34.5 Å². The van der Waals surface area contributed by atoms with Gasteiger partial charge in [0.05, 0.1) is 5.69 Å². The van der Waals surface area contributed by atoms with E-state index in [2.05, 4.69) is 4.98 Å². The number of rotatable bonds is 4. The fourth-order valence-electron chi connectivity index (χ4n) is 1.55. The summed E-state index contributed by atoms with van der Waals surface area (Å²) in [5.41, 5.74) is 6.54. The summed E-state index contributed by atoms with van der Waals surface area (Å²) >= 11 is 1.62. The van der Waals surface area contributed by atoms with E-state index in [4.69, 9.17) is 5.73 Å². The molecular weight excluding hydrogens is 196 g/mol. The lowest BCUT2D eigenvalue weighted by Gasteiger charge is -2.02. The van der Waals surface area contributed by atoms with Crippen LogP contribution in [0, 0.1) is 12.8 Å². The van der Waals surface area contributed by atoms with Gasteiger partial charge in [0, 0.05) is 4.88 Å². The fourth-order valence-corrected chi connectivity index (χ4v) is 2.72. The van der Waals surface area contributed by atoms with Crippen molar-refractivity contribution in [1.82, 2.24) is 4.98 Å². The van der Waals surface area contributed by atoms with Gasteiger partial charge >= 0.3 is 0 Å². The highest BCUT2D eigenvalue weighted by Gasteiger charge is 2.32. The van der Waals surface area contributed by atoms with Crippen molar-refractivity contribution in [2.24, 2.45) is 11.7 Å². The number of thiazole rings is 1. The van der Waals surface area contributed by atoms with Crippen LogP contribution >= 0.6 is 11.3 Å². The smallest absolute Gasteiger partial charge is 0.122 e. The second-order valence-electron chi connectivity index (χ2n) is 3.88. The van der Waals surface area contributed by atoms with Gasteiger partial charge in [0.15, 0.2) is 0 Å². The molecule has 3 nitrogen and oxygen atoms in total. The summed E-state index contributed by atoms with van der Waals surface area (Å²) in [6.45, 7) is 2.65. The lowest BCUT2D eigenvalue weighted by atomic mass is 10.2. The molecule has 0 aliphatic heterocycles. The molecule has 4 heteroatoms. The van der Waals surface area contributed by atoms with Gasteiger partial charge in [0.2, 0.25) is 0 Å². The lowest BCUT2D eigenvalue weighted by Crippen LogP contribution is -2.01. The summed E-state index contributed by atoms with van der Waals surface area (Å²) in [6.07, 6.45) is 2.84. The topological polar surface area (TPSA) is 59.1 Å². The molecule has 1 heterocycles. The summed E-state index contributed by atoms with van der Waals surface area (Å²) in [7, 11) is 0. The third-order valence-electron chi connectivity index (χ3n) is 2.60. The standard InChI is InChI=1S/C10H16N2OS/c1-6-8(4-5-11)14-10(12-6)9(13)7-2-3-7/h7,9,13H,2-5,11H2,1H3. The van der Waals surface area contributed by atoms with Crippen LogP contribution in [-0.4, -0.2) is 16.6 Å². The molecule has 0 radical (unpaired) electrons. The molecule has 1 unspecified atom stereocenters. The highest BCUT2D eigenvalue weighted by molar-refractivity contribution is 7.11. The SMILES string of the molecule is Cc1nc(C(O)C2CC2)sc1CCN. The van der Waals surface area contributed by atoms with E-state index in [-0.39, 0.29) is 6.10 Å². The van der Waals surface area contributed by atoms with Crippen molar-refractivity contribution in [3.05, 3.63) is 15.6 Å². The Morgan fingerprint density at radius 2 is 2.36 bits per heavy atom. The Morgan fingerprint density at radius 3 is 2.93 bits per heavy atom. The summed E-state index contributed by atoms with van der Waals surface area (Å²) in [5.74, 6) is 0.464. The highest BCUT2D eigenvalue weighted by Crippen LogP contribution is 2.42. The molecule has 1 fully saturated rings. The van der Waals surface area contributed by atoms with Gasteiger partial charge in [-0.2, -0.15) is 0 Å². The van der Waals surface area contributed by atoms with Crippen LogP contribution in [0.2, 0.25) is 0 Å². The number of hydrogen-bond acceptors (Lipinski definition) is 4. The second-order valence-corrected chi connectivity index (χ2v) is 5.00. The zero-order chi connectivity index (χ0) is 10.1. The van der Waals surface area contributed by atoms with Gasteiger partial charge in [-0.1, -0.05) is 0 Å². The van der Waals surface area contributed by atoms with Crippen molar-refractivity contribution in [3.63, 3.8) is 0 Å². The number of aromatic nitrogens is 1. The maximum absolute atomic E-state index is 9.88. The molecule has 0 bridgehead atoms. The molecule has 1 aliphatic carbocycles. The molecule has 3 N–H and O–H groups in total. The Kier molecular flexibility index (Phi) is 2.85. The largest absolute Gasteiger partial charge is 0.386 e. The van der Waals surface area contributed by atoms with Crippen LogP contribution in [0.15, 0.2) is 0 Å². The normalized spacial score (nSPS) is 18.5. The van der Waals surface area contributed by atoms with Crippen LogP contribution in [0.5, 0.6) is 0 Å². The van der Waals surface area contributed by atoms with Crippen molar-refractivity contribution in [2.75, 3.05) is 6.54 Å². The maximum atomic E-state index is 9.88. The van der Waals surface area contributed by atoms with Crippen LogP contribution in [0.3, 0.4) is 0 Å². The number of aliphatic hydroxyl groups is 1. The predicted molar refractivity (Wildman–Crippen MR) is 57.3 cm³/mol. The number of aliphatic hydroxyl groups excluding tert-OH is 1. The average Bonchev–Trinajstić information content (AvgIpc) is 2.93. The Morgan fingerprint density at radius 1 is 1.64 bits per heavy atom. The van der Waals surface area contributed by atoms with Crippen molar-refractivity contribution < 1.29 is 5.11 Å². The molecule has 0 spiro atoms. The quantitative estimate of drug-likeness (QED) is 0.793. The third kappa shape index (κ3) is 1.97. The van der Waals surface area contributed by atoms with Gasteiger partial charge in [-0.3, -0.25) is 0 Å². The minimum absolute atomic E-state index is 0.328. The molecule has 1 aromatic heterocycles. The van der Waals surface area contributed by atoms with E-state index < -0.39 is 0 Å². The van der Waals surface area contributed by atoms with Gasteiger partial charge in [0.1, 0.15) is 11.1 Å². The minimum Gasteiger partial charge on any atom is -0.386 e. The summed E-state index contributed by atoms with van der Waals surface area (Å²) in [6, 6.07) is 0. The molecule has 1 aliphatic rings. The van der Waals surface area contributed by atoms with Gasteiger partial charge in [-0.05, 0) is 38.6 Å². The number of nitrogens with two attached hydrogens (primary N) is 1. The maximum Gasteiger partial charge on any atom is 0.122 e. The van der Waals surface area contributed by atoms with E-state index >= 15 is 0 Å². The first kappa shape index (κ1) is 10.1. The van der Waals surface area contributed by atoms with E-state index in [0.717, 1.165) is 30.0 Å². The van der Waals surface area contributed by atoms with Crippen LogP contribution in [0.4, 0.5) is 0 Å². The van der Waals surface area contributed by atoms with Gasteiger partial charge in [0.25, 0.3) is 0 Å². The Balaban J connectivity index is 2.13. The van der Waals surface area contributed by atoms with Crippen molar-refractivity contribution >= 4 is 11.3 Å². The van der Waals surface area contributed by atoms with Crippen LogP contribution in [0.25, 0.3) is 0 Å². The third-order valence-corrected chi connectivity index (χ3v) is 3.89. The molecule has 78 valence electrons. The molecule has 1 aromatic rings. The summed E-state index contributed by atoms with van der Waals surface area (Å²) < 4.78 is 0. The molecule has 1 atom stereocenters. The first-order chi connectivity index (χ1) is 6.72. The molecule has 2 rings (SSSR count). The first-order valence-electron chi connectivity index (χ1n) is 5.06. The molecular formula is C10H16N2OS. The Labute approximate surface area is 88.0 Å². The molecule has 1 saturated carbocycles. The van der Waals surface area contributed by atoms with E-state index in [1.54, 1.807) is 11.3 Å². The molecule has 0 saturated heterocycles. The van der Waals surface area contributed by atoms with Crippen molar-refractivity contribution in [1.29, 1.82) is 0 Å². The summed E-state index contributed by atoms with van der Waals surface area (Å²) in [4.78, 5) is 5.63. The van der Waals surface area contributed by atoms with Gasteiger partial charge < -0.3 is 10.8 Å². The Hall–Kier alpha value is -0.450. The van der Waals surface area contributed by atoms with Crippen LogP contribution < -0.4 is 5.73 Å². The monoisotopic (exact) mass is 212 g/mol. The predicted octanol–water partition coefficient (Wildman–Crippen LogP) is 1.40. The highest BCUT2D eigenvalue weighted by atomic mass is 32.1. The van der Waals surface area contributed by atoms with Gasteiger partial charge in [-0.25, -0.2) is 4.98 Å². The van der Waals surface area contributed by atoms with Gasteiger partial charge in [-0.15, -0.1) is 11.3 Å². The van der Waals surface area contributed by atoms with E-state index in [0.29, 0.717) is 12.5 Å². The number of aryl methyl sites for hydroxylation is 1. The number of nitrogens with zero attached hydrogens (tertiary/aromatic N) is 1. The minimum atomic E-state index is -0.328. The zero-order valence-corrected chi connectivity index (χ0v) is 9.18. The van der Waals surface area contributed by atoms with Crippen molar-refractivity contribution in [2.45, 2.75) is 32.3 Å².